The Morgan fingerprint density at radius 1 is 0.646 bits per heavy atom. The van der Waals surface area contributed by atoms with Crippen LogP contribution in [0.5, 0.6) is 0 Å². The van der Waals surface area contributed by atoms with Crippen LogP contribution in [0.4, 0.5) is 16.2 Å². The maximum Gasteiger partial charge on any atom is 0.333 e. The van der Waals surface area contributed by atoms with Crippen LogP contribution in [0.3, 0.4) is 0 Å². The second-order valence-electron chi connectivity index (χ2n) is 13.8. The molecule has 9 heteroatoms. The van der Waals surface area contributed by atoms with Gasteiger partial charge in [0.15, 0.2) is 0 Å². The van der Waals surface area contributed by atoms with Crippen molar-refractivity contribution in [2.45, 2.75) is 65.2 Å². The standard InChI is InChI=1S/C39H42Cl2N4O3/c1-9-44-29-17-15-25(40)21-27(29)38(3,4)31(44)19-13-23-11-12-24(33(23)34-35(46)42(7)37(48)43(8)36(34)47)14-20-32-39(5,6)28-22-26(41)16-18-30(28)45(32)10-2/h13-22H,9-12H2,1-8H3/b23-13+,24-14+,31-19+,32-20+. The lowest BCUT2D eigenvalue weighted by molar-refractivity contribution is -0.134. The minimum atomic E-state index is -0.641. The fraction of sp³-hybridized carbons (Fsp3) is 0.359. The first-order chi connectivity index (χ1) is 22.6. The Morgan fingerprint density at radius 2 is 1.04 bits per heavy atom. The zero-order valence-corrected chi connectivity index (χ0v) is 30.4. The van der Waals surface area contributed by atoms with E-state index >= 15 is 0 Å². The van der Waals surface area contributed by atoms with E-state index in [4.69, 9.17) is 23.2 Å². The van der Waals surface area contributed by atoms with Gasteiger partial charge in [0.1, 0.15) is 5.57 Å². The summed E-state index contributed by atoms with van der Waals surface area (Å²) in [6.45, 7) is 14.5. The number of likely N-dealkylation sites (N-methyl/N-ethyl adjacent to an activating group) is 4. The molecular formula is C39H42Cl2N4O3. The van der Waals surface area contributed by atoms with Crippen molar-refractivity contribution in [3.8, 4) is 0 Å². The van der Waals surface area contributed by atoms with E-state index < -0.39 is 17.8 Å². The van der Waals surface area contributed by atoms with Crippen molar-refractivity contribution in [1.29, 1.82) is 0 Å². The summed E-state index contributed by atoms with van der Waals surface area (Å²) in [5.74, 6) is -1.18. The van der Waals surface area contributed by atoms with Crippen LogP contribution in [0, 0.1) is 0 Å². The quantitative estimate of drug-likeness (QED) is 0.238. The second-order valence-corrected chi connectivity index (χ2v) is 14.7. The van der Waals surface area contributed by atoms with Crippen molar-refractivity contribution < 1.29 is 14.4 Å². The average molecular weight is 686 g/mol. The molecule has 7 nitrogen and oxygen atoms in total. The summed E-state index contributed by atoms with van der Waals surface area (Å²) in [4.78, 5) is 46.8. The van der Waals surface area contributed by atoms with E-state index in [2.05, 4.69) is 87.8 Å². The number of carbonyl (C=O) groups excluding carboxylic acids is 3. The predicted molar refractivity (Wildman–Crippen MR) is 195 cm³/mol. The Bertz CT molecular complexity index is 1800. The van der Waals surface area contributed by atoms with Crippen LogP contribution in [-0.2, 0) is 20.4 Å². The van der Waals surface area contributed by atoms with Gasteiger partial charge in [-0.2, -0.15) is 0 Å². The zero-order valence-electron chi connectivity index (χ0n) is 28.9. The lowest BCUT2D eigenvalue weighted by atomic mass is 9.83. The summed E-state index contributed by atoms with van der Waals surface area (Å²) in [6, 6.07) is 11.4. The lowest BCUT2D eigenvalue weighted by Crippen LogP contribution is -2.53. The summed E-state index contributed by atoms with van der Waals surface area (Å²) in [6.07, 6.45) is 9.62. The molecule has 2 aromatic rings. The Kier molecular flexibility index (Phi) is 8.54. The number of fused-ring (bicyclic) bond motifs is 2. The molecule has 0 N–H and O–H groups in total. The molecule has 4 amide bonds. The van der Waals surface area contributed by atoms with E-state index in [9.17, 15) is 14.4 Å². The van der Waals surface area contributed by atoms with Crippen LogP contribution in [-0.4, -0.2) is 54.8 Å². The van der Waals surface area contributed by atoms with Crippen molar-refractivity contribution in [2.24, 2.45) is 0 Å². The first kappa shape index (κ1) is 33.8. The number of amides is 4. The minimum absolute atomic E-state index is 0.0209. The van der Waals surface area contributed by atoms with E-state index in [0.29, 0.717) is 28.5 Å². The fourth-order valence-corrected chi connectivity index (χ4v) is 8.10. The molecule has 48 heavy (non-hydrogen) atoms. The molecule has 2 aromatic carbocycles. The van der Waals surface area contributed by atoms with Gasteiger partial charge in [0.25, 0.3) is 11.8 Å². The molecule has 4 aliphatic rings. The van der Waals surface area contributed by atoms with E-state index in [1.165, 1.54) is 14.1 Å². The molecule has 3 aliphatic heterocycles. The van der Waals surface area contributed by atoms with Gasteiger partial charge in [0.2, 0.25) is 0 Å². The summed E-state index contributed by atoms with van der Waals surface area (Å²) >= 11 is 12.9. The molecule has 1 aliphatic carbocycles. The number of urea groups is 1. The summed E-state index contributed by atoms with van der Waals surface area (Å²) in [7, 11) is 2.84. The summed E-state index contributed by atoms with van der Waals surface area (Å²) < 4.78 is 0. The van der Waals surface area contributed by atoms with E-state index in [1.807, 2.05) is 24.3 Å². The van der Waals surface area contributed by atoms with Gasteiger partial charge < -0.3 is 9.80 Å². The van der Waals surface area contributed by atoms with Crippen molar-refractivity contribution in [3.05, 3.63) is 116 Å². The first-order valence-electron chi connectivity index (χ1n) is 16.5. The van der Waals surface area contributed by atoms with Crippen LogP contribution in [0.1, 0.15) is 65.5 Å². The number of imide groups is 2. The largest absolute Gasteiger partial charge is 0.344 e. The Labute approximate surface area is 293 Å². The number of nitrogens with zero attached hydrogens (tertiary/aromatic N) is 4. The number of allylic oxidation sites excluding steroid dienone is 9. The number of barbiturate groups is 1. The van der Waals surface area contributed by atoms with Gasteiger partial charge >= 0.3 is 6.03 Å². The molecule has 0 spiro atoms. The molecule has 6 rings (SSSR count). The van der Waals surface area contributed by atoms with E-state index in [0.717, 1.165) is 67.9 Å². The Morgan fingerprint density at radius 3 is 1.42 bits per heavy atom. The topological polar surface area (TPSA) is 64.2 Å². The maximum atomic E-state index is 13.7. The monoisotopic (exact) mass is 684 g/mol. The van der Waals surface area contributed by atoms with Crippen LogP contribution in [0.2, 0.25) is 10.0 Å². The third kappa shape index (κ3) is 5.14. The van der Waals surface area contributed by atoms with Gasteiger partial charge in [-0.1, -0.05) is 63.0 Å². The highest BCUT2D eigenvalue weighted by Crippen LogP contribution is 2.50. The first-order valence-corrected chi connectivity index (χ1v) is 17.2. The summed E-state index contributed by atoms with van der Waals surface area (Å²) in [5.41, 5.74) is 8.51. The number of hydrogen-bond acceptors (Lipinski definition) is 5. The number of benzene rings is 2. The summed E-state index contributed by atoms with van der Waals surface area (Å²) in [5, 5.41) is 1.39. The van der Waals surface area contributed by atoms with Gasteiger partial charge in [-0.3, -0.25) is 19.4 Å². The molecule has 3 heterocycles. The van der Waals surface area contributed by atoms with Gasteiger partial charge in [-0.05, 0) is 103 Å². The molecule has 0 aromatic heterocycles. The van der Waals surface area contributed by atoms with E-state index in [1.54, 1.807) is 0 Å². The molecule has 0 bridgehead atoms. The van der Waals surface area contributed by atoms with Crippen LogP contribution in [0.15, 0.2) is 94.4 Å². The SMILES string of the molecule is CCN1/C(=C/C=C2\CC/C(=C\C=C3\N(CC)c4ccc(Cl)cc4C3(C)C)C2=C2C(=O)N(C)C(=O)N(C)C2=O)C(C)(C)c2cc(Cl)ccc21. The smallest absolute Gasteiger partial charge is 0.333 e. The molecule has 2 fully saturated rings. The predicted octanol–water partition coefficient (Wildman–Crippen LogP) is 8.69. The highest BCUT2D eigenvalue weighted by atomic mass is 35.5. The molecule has 1 saturated carbocycles. The normalized spacial score (nSPS) is 23.6. The molecule has 250 valence electrons. The molecule has 1 saturated heterocycles. The van der Waals surface area contributed by atoms with Crippen LogP contribution >= 0.6 is 23.2 Å². The highest BCUT2D eigenvalue weighted by Gasteiger charge is 2.43. The average Bonchev–Trinajstić information content (AvgIpc) is 3.61. The van der Waals surface area contributed by atoms with Gasteiger partial charge in [0.05, 0.1) is 0 Å². The number of rotatable bonds is 4. The number of halogens is 2. The Hall–Kier alpha value is -4.07. The third-order valence-corrected chi connectivity index (χ3v) is 10.9. The van der Waals surface area contributed by atoms with Gasteiger partial charge in [-0.25, -0.2) is 4.79 Å². The van der Waals surface area contributed by atoms with Gasteiger partial charge in [0, 0.05) is 70.8 Å². The van der Waals surface area contributed by atoms with Crippen molar-refractivity contribution in [3.63, 3.8) is 0 Å². The maximum absolute atomic E-state index is 13.7. The lowest BCUT2D eigenvalue weighted by Gasteiger charge is -2.30. The van der Waals surface area contributed by atoms with Crippen molar-refractivity contribution in [1.82, 2.24) is 9.80 Å². The third-order valence-electron chi connectivity index (χ3n) is 10.4. The molecule has 0 unspecified atom stereocenters. The zero-order chi connectivity index (χ0) is 34.9. The fourth-order valence-electron chi connectivity index (χ4n) is 7.76. The number of carbonyl (C=O) groups is 3. The van der Waals surface area contributed by atoms with E-state index in [-0.39, 0.29) is 16.4 Å². The Balaban J connectivity index is 1.51. The van der Waals surface area contributed by atoms with Crippen LogP contribution in [0.25, 0.3) is 0 Å². The number of hydrogen-bond donors (Lipinski definition) is 0. The molecule has 0 radical (unpaired) electrons. The van der Waals surface area contributed by atoms with Crippen LogP contribution < -0.4 is 9.80 Å². The highest BCUT2D eigenvalue weighted by molar-refractivity contribution is 6.31. The number of anilines is 2. The molecular weight excluding hydrogens is 643 g/mol. The second kappa shape index (κ2) is 12.1. The molecule has 0 atom stereocenters. The van der Waals surface area contributed by atoms with Gasteiger partial charge in [-0.15, -0.1) is 0 Å². The minimum Gasteiger partial charge on any atom is -0.344 e. The van der Waals surface area contributed by atoms with Crippen molar-refractivity contribution >= 4 is 52.4 Å². The van der Waals surface area contributed by atoms with Crippen molar-refractivity contribution in [2.75, 3.05) is 37.0 Å².